The van der Waals surface area contributed by atoms with Gasteiger partial charge in [0.2, 0.25) is 10.0 Å². The van der Waals surface area contributed by atoms with Gasteiger partial charge in [0.05, 0.1) is 10.6 Å². The maximum Gasteiger partial charge on any atom is 0.255 e. The summed E-state index contributed by atoms with van der Waals surface area (Å²) < 4.78 is 25.6. The quantitative estimate of drug-likeness (QED) is 0.574. The van der Waals surface area contributed by atoms with E-state index in [0.29, 0.717) is 11.3 Å². The Kier molecular flexibility index (Phi) is 7.23. The van der Waals surface area contributed by atoms with Gasteiger partial charge in [0.1, 0.15) is 0 Å². The Morgan fingerprint density at radius 3 is 2.24 bits per heavy atom. The van der Waals surface area contributed by atoms with Crippen molar-refractivity contribution in [1.29, 1.82) is 0 Å². The average Bonchev–Trinajstić information content (AvgIpc) is 3.14. The smallest absolute Gasteiger partial charge is 0.255 e. The first-order chi connectivity index (χ1) is 16.3. The molecule has 0 spiro atoms. The van der Waals surface area contributed by atoms with Gasteiger partial charge in [0, 0.05) is 44.0 Å². The zero-order chi connectivity index (χ0) is 24.1. The third-order valence-corrected chi connectivity index (χ3v) is 7.72. The molecule has 1 aliphatic rings. The molecular formula is C25H29N5O3S. The Bertz CT molecular complexity index is 1230. The molecule has 0 radical (unpaired) electrons. The monoisotopic (exact) mass is 479 g/mol. The number of nitrogens with one attached hydrogen (secondary N) is 1. The Hall–Kier alpha value is -3.30. The van der Waals surface area contributed by atoms with E-state index in [4.69, 9.17) is 0 Å². The van der Waals surface area contributed by atoms with Gasteiger partial charge in [-0.15, -0.1) is 10.2 Å². The fraction of sp³-hybridized carbons (Fsp3) is 0.320. The lowest BCUT2D eigenvalue weighted by Crippen LogP contribution is -2.25. The second kappa shape index (κ2) is 10.3. The second-order valence-corrected chi connectivity index (χ2v) is 10.7. The topological polar surface area (TPSA) is 95.5 Å². The molecule has 0 aliphatic carbocycles. The van der Waals surface area contributed by atoms with E-state index in [9.17, 15) is 13.2 Å². The van der Waals surface area contributed by atoms with Crippen LogP contribution in [0.15, 0.2) is 65.6 Å². The first-order valence-electron chi connectivity index (χ1n) is 11.4. The second-order valence-electron chi connectivity index (χ2n) is 8.52. The van der Waals surface area contributed by atoms with Crippen LogP contribution in [0.3, 0.4) is 0 Å². The predicted octanol–water partition coefficient (Wildman–Crippen LogP) is 4.03. The predicted molar refractivity (Wildman–Crippen MR) is 133 cm³/mol. The highest BCUT2D eigenvalue weighted by Gasteiger charge is 2.18. The number of aromatic nitrogens is 2. The Morgan fingerprint density at radius 2 is 1.62 bits per heavy atom. The van der Waals surface area contributed by atoms with Crippen molar-refractivity contribution in [3.63, 3.8) is 0 Å². The van der Waals surface area contributed by atoms with Gasteiger partial charge in [-0.25, -0.2) is 12.7 Å². The minimum atomic E-state index is -3.54. The summed E-state index contributed by atoms with van der Waals surface area (Å²) in [5, 5.41) is 11.7. The molecule has 8 nitrogen and oxygen atoms in total. The fourth-order valence-corrected chi connectivity index (χ4v) is 4.80. The summed E-state index contributed by atoms with van der Waals surface area (Å²) in [4.78, 5) is 15.1. The van der Waals surface area contributed by atoms with Gasteiger partial charge in [-0.05, 0) is 61.4 Å². The number of carbonyl (C=O) groups is 1. The lowest BCUT2D eigenvalue weighted by atomic mass is 10.1. The van der Waals surface area contributed by atoms with E-state index in [1.807, 2.05) is 30.3 Å². The summed E-state index contributed by atoms with van der Waals surface area (Å²) in [6.45, 7) is 2.02. The molecule has 1 aromatic heterocycles. The highest BCUT2D eigenvalue weighted by atomic mass is 32.2. The van der Waals surface area contributed by atoms with Crippen molar-refractivity contribution >= 4 is 27.4 Å². The van der Waals surface area contributed by atoms with Crippen LogP contribution in [0.4, 0.5) is 11.5 Å². The standard InChI is InChI=1S/C25H29N5O3S/c1-29(2)34(32,33)22-12-10-19(11-13-22)25(31)26-21-9-7-8-20(18-21)23-14-15-24(28-27-23)30-16-5-3-4-6-17-30/h7-15,18H,3-6,16-17H2,1-2H3,(H,26,31). The van der Waals surface area contributed by atoms with E-state index in [1.165, 1.54) is 64.0 Å². The molecule has 1 N–H and O–H groups in total. The summed E-state index contributed by atoms with van der Waals surface area (Å²) in [6, 6.07) is 17.2. The number of hydrogen-bond donors (Lipinski definition) is 1. The van der Waals surface area contributed by atoms with Crippen molar-refractivity contribution < 1.29 is 13.2 Å². The molecule has 34 heavy (non-hydrogen) atoms. The number of sulfonamides is 1. The lowest BCUT2D eigenvalue weighted by Gasteiger charge is -2.20. The van der Waals surface area contributed by atoms with Gasteiger partial charge >= 0.3 is 0 Å². The maximum atomic E-state index is 12.7. The number of anilines is 2. The van der Waals surface area contributed by atoms with E-state index in [-0.39, 0.29) is 10.8 Å². The molecule has 3 aromatic rings. The van der Waals surface area contributed by atoms with Crippen LogP contribution in [0.25, 0.3) is 11.3 Å². The van der Waals surface area contributed by atoms with E-state index < -0.39 is 10.0 Å². The summed E-state index contributed by atoms with van der Waals surface area (Å²) in [6.07, 6.45) is 4.89. The molecule has 1 saturated heterocycles. The molecule has 4 rings (SSSR count). The highest BCUT2D eigenvalue weighted by Crippen LogP contribution is 2.24. The van der Waals surface area contributed by atoms with Crippen molar-refractivity contribution in [2.75, 3.05) is 37.4 Å². The lowest BCUT2D eigenvalue weighted by molar-refractivity contribution is 0.102. The molecule has 0 bridgehead atoms. The van der Waals surface area contributed by atoms with Gasteiger partial charge in [-0.3, -0.25) is 4.79 Å². The van der Waals surface area contributed by atoms with Gasteiger partial charge < -0.3 is 10.2 Å². The number of carbonyl (C=O) groups excluding carboxylic acids is 1. The summed E-state index contributed by atoms with van der Waals surface area (Å²) in [5.74, 6) is 0.573. The first kappa shape index (κ1) is 23.8. The third kappa shape index (κ3) is 5.43. The highest BCUT2D eigenvalue weighted by molar-refractivity contribution is 7.89. The molecule has 2 heterocycles. The van der Waals surface area contributed by atoms with E-state index in [1.54, 1.807) is 6.07 Å². The fourth-order valence-electron chi connectivity index (χ4n) is 3.90. The van der Waals surface area contributed by atoms with Crippen LogP contribution in [0.1, 0.15) is 36.0 Å². The normalized spacial score (nSPS) is 14.6. The molecule has 178 valence electrons. The van der Waals surface area contributed by atoms with Crippen LogP contribution in [0.2, 0.25) is 0 Å². The van der Waals surface area contributed by atoms with E-state index >= 15 is 0 Å². The van der Waals surface area contributed by atoms with Crippen LogP contribution in [0, 0.1) is 0 Å². The SMILES string of the molecule is CN(C)S(=O)(=O)c1ccc(C(=O)Nc2cccc(-c3ccc(N4CCCCCC4)nn3)c2)cc1. The molecule has 0 atom stereocenters. The first-order valence-corrected chi connectivity index (χ1v) is 12.8. The molecule has 9 heteroatoms. The van der Waals surface area contributed by atoms with Gasteiger partial charge in [0.15, 0.2) is 5.82 Å². The molecule has 1 amide bonds. The molecular weight excluding hydrogens is 450 g/mol. The zero-order valence-corrected chi connectivity index (χ0v) is 20.3. The summed E-state index contributed by atoms with van der Waals surface area (Å²) in [5.41, 5.74) is 2.56. The molecule has 2 aromatic carbocycles. The van der Waals surface area contributed by atoms with Crippen molar-refractivity contribution in [1.82, 2.24) is 14.5 Å². The zero-order valence-electron chi connectivity index (χ0n) is 19.4. The third-order valence-electron chi connectivity index (χ3n) is 5.89. The average molecular weight is 480 g/mol. The molecule has 0 saturated carbocycles. The maximum absolute atomic E-state index is 12.7. The van der Waals surface area contributed by atoms with Crippen LogP contribution in [0.5, 0.6) is 0 Å². The van der Waals surface area contributed by atoms with Crippen molar-refractivity contribution in [2.45, 2.75) is 30.6 Å². The minimum absolute atomic E-state index is 0.137. The molecule has 1 aliphatic heterocycles. The van der Waals surface area contributed by atoms with Crippen molar-refractivity contribution in [3.8, 4) is 11.3 Å². The number of nitrogens with zero attached hydrogens (tertiary/aromatic N) is 4. The summed E-state index contributed by atoms with van der Waals surface area (Å²) >= 11 is 0. The Labute approximate surface area is 200 Å². The Morgan fingerprint density at radius 1 is 0.912 bits per heavy atom. The van der Waals surface area contributed by atoms with Crippen LogP contribution in [-0.4, -0.2) is 56.0 Å². The van der Waals surface area contributed by atoms with E-state index in [0.717, 1.165) is 34.5 Å². The van der Waals surface area contributed by atoms with Gasteiger partial charge in [-0.2, -0.15) is 0 Å². The van der Waals surface area contributed by atoms with Crippen molar-refractivity contribution in [3.05, 3.63) is 66.2 Å². The number of hydrogen-bond acceptors (Lipinski definition) is 6. The largest absolute Gasteiger partial charge is 0.355 e. The van der Waals surface area contributed by atoms with Crippen molar-refractivity contribution in [2.24, 2.45) is 0 Å². The molecule has 0 unspecified atom stereocenters. The minimum Gasteiger partial charge on any atom is -0.355 e. The van der Waals surface area contributed by atoms with Gasteiger partial charge in [-0.1, -0.05) is 25.0 Å². The van der Waals surface area contributed by atoms with Crippen LogP contribution >= 0.6 is 0 Å². The van der Waals surface area contributed by atoms with E-state index in [2.05, 4.69) is 20.4 Å². The number of rotatable bonds is 6. The number of amides is 1. The summed E-state index contributed by atoms with van der Waals surface area (Å²) in [7, 11) is -0.605. The Balaban J connectivity index is 1.46. The van der Waals surface area contributed by atoms with Crippen LogP contribution in [-0.2, 0) is 10.0 Å². The van der Waals surface area contributed by atoms with Crippen LogP contribution < -0.4 is 10.2 Å². The number of benzene rings is 2. The van der Waals surface area contributed by atoms with Gasteiger partial charge in [0.25, 0.3) is 5.91 Å². The molecule has 1 fully saturated rings.